The Kier molecular flexibility index (Phi) is 3.71. The van der Waals surface area contributed by atoms with Gasteiger partial charge in [0.25, 0.3) is 0 Å². The maximum Gasteiger partial charge on any atom is 0.249 e. The van der Waals surface area contributed by atoms with E-state index in [1.165, 1.54) is 16.0 Å². The SMILES string of the molecule is Nc1nc(Nc2ccc(Cl)cc2)nn1Sc1cccc2nonc12. The summed E-state index contributed by atoms with van der Waals surface area (Å²) < 4.78 is 6.26. The van der Waals surface area contributed by atoms with Gasteiger partial charge in [-0.2, -0.15) is 9.07 Å². The molecule has 4 rings (SSSR count). The number of fused-ring (bicyclic) bond motifs is 1. The van der Waals surface area contributed by atoms with Crippen LogP contribution in [0, 0.1) is 0 Å². The molecule has 2 aromatic heterocycles. The van der Waals surface area contributed by atoms with E-state index in [9.17, 15) is 0 Å². The highest BCUT2D eigenvalue weighted by atomic mass is 35.5. The van der Waals surface area contributed by atoms with Crippen molar-refractivity contribution in [3.63, 3.8) is 0 Å². The Hall–Kier alpha value is -2.78. The molecule has 2 heterocycles. The van der Waals surface area contributed by atoms with Crippen molar-refractivity contribution in [3.05, 3.63) is 47.5 Å². The van der Waals surface area contributed by atoms with E-state index in [2.05, 4.69) is 25.7 Å². The van der Waals surface area contributed by atoms with E-state index in [1.807, 2.05) is 30.3 Å². The lowest BCUT2D eigenvalue weighted by molar-refractivity contribution is 0.315. The van der Waals surface area contributed by atoms with Crippen molar-refractivity contribution < 1.29 is 4.63 Å². The number of nitrogens with one attached hydrogen (secondary N) is 1. The van der Waals surface area contributed by atoms with Crippen molar-refractivity contribution >= 4 is 52.2 Å². The van der Waals surface area contributed by atoms with Crippen molar-refractivity contribution in [2.24, 2.45) is 0 Å². The molecule has 10 heteroatoms. The van der Waals surface area contributed by atoms with Crippen LogP contribution in [0.15, 0.2) is 52.0 Å². The van der Waals surface area contributed by atoms with Crippen LogP contribution in [0.25, 0.3) is 11.0 Å². The Labute approximate surface area is 145 Å². The van der Waals surface area contributed by atoms with Crippen LogP contribution in [-0.4, -0.2) is 24.5 Å². The molecule has 2 aromatic carbocycles. The predicted molar refractivity (Wildman–Crippen MR) is 92.2 cm³/mol. The molecular weight excluding hydrogens is 350 g/mol. The van der Waals surface area contributed by atoms with Gasteiger partial charge >= 0.3 is 0 Å². The molecule has 0 spiro atoms. The van der Waals surface area contributed by atoms with Crippen molar-refractivity contribution in [2.75, 3.05) is 11.1 Å². The van der Waals surface area contributed by atoms with Crippen LogP contribution in [-0.2, 0) is 0 Å². The van der Waals surface area contributed by atoms with Gasteiger partial charge in [-0.1, -0.05) is 17.7 Å². The number of hydrogen-bond acceptors (Lipinski definition) is 8. The maximum atomic E-state index is 5.93. The van der Waals surface area contributed by atoms with E-state index in [1.54, 1.807) is 12.1 Å². The number of hydrogen-bond donors (Lipinski definition) is 2. The van der Waals surface area contributed by atoms with Crippen LogP contribution >= 0.6 is 23.5 Å². The van der Waals surface area contributed by atoms with E-state index in [-0.39, 0.29) is 5.95 Å². The number of benzene rings is 2. The third-order valence-electron chi connectivity index (χ3n) is 3.14. The molecule has 0 fully saturated rings. The molecule has 0 bridgehead atoms. The van der Waals surface area contributed by atoms with Crippen molar-refractivity contribution in [1.29, 1.82) is 0 Å². The third-order valence-corrected chi connectivity index (χ3v) is 4.36. The van der Waals surface area contributed by atoms with Crippen molar-refractivity contribution in [1.82, 2.24) is 24.5 Å². The van der Waals surface area contributed by atoms with Gasteiger partial charge < -0.3 is 11.1 Å². The Morgan fingerprint density at radius 1 is 1.12 bits per heavy atom. The lowest BCUT2D eigenvalue weighted by Crippen LogP contribution is -1.97. The van der Waals surface area contributed by atoms with Crippen LogP contribution < -0.4 is 11.1 Å². The number of nitrogen functional groups attached to an aromatic ring is 1. The summed E-state index contributed by atoms with van der Waals surface area (Å²) in [7, 11) is 0. The van der Waals surface area contributed by atoms with Gasteiger partial charge in [-0.25, -0.2) is 4.63 Å². The molecular formula is C14H10ClN7OS. The molecule has 120 valence electrons. The first-order valence-corrected chi connectivity index (χ1v) is 7.99. The van der Waals surface area contributed by atoms with Crippen molar-refractivity contribution in [2.45, 2.75) is 4.90 Å². The molecule has 0 radical (unpaired) electrons. The third kappa shape index (κ3) is 2.86. The summed E-state index contributed by atoms with van der Waals surface area (Å²) in [5.74, 6) is 0.637. The van der Waals surface area contributed by atoms with Gasteiger partial charge in [0.2, 0.25) is 11.9 Å². The highest BCUT2D eigenvalue weighted by Crippen LogP contribution is 2.28. The van der Waals surface area contributed by atoms with E-state index in [0.29, 0.717) is 22.0 Å². The first kappa shape index (κ1) is 14.8. The number of halogens is 1. The predicted octanol–water partition coefficient (Wildman–Crippen LogP) is 3.35. The summed E-state index contributed by atoms with van der Waals surface area (Å²) in [5, 5.41) is 15.8. The number of anilines is 3. The van der Waals surface area contributed by atoms with Crippen LogP contribution in [0.4, 0.5) is 17.6 Å². The van der Waals surface area contributed by atoms with Gasteiger partial charge in [-0.15, -0.1) is 5.10 Å². The largest absolute Gasteiger partial charge is 0.367 e. The fourth-order valence-corrected chi connectivity index (χ4v) is 2.97. The van der Waals surface area contributed by atoms with Gasteiger partial charge in [-0.3, -0.25) is 0 Å². The second-order valence-corrected chi connectivity index (χ2v) is 6.18. The monoisotopic (exact) mass is 359 g/mol. The van der Waals surface area contributed by atoms with Crippen LogP contribution in [0.1, 0.15) is 0 Å². The normalized spacial score (nSPS) is 11.0. The zero-order chi connectivity index (χ0) is 16.5. The molecule has 0 aliphatic rings. The number of rotatable bonds is 4. The minimum atomic E-state index is 0.255. The fourth-order valence-electron chi connectivity index (χ4n) is 2.04. The van der Waals surface area contributed by atoms with Crippen molar-refractivity contribution in [3.8, 4) is 0 Å². The molecule has 3 N–H and O–H groups in total. The summed E-state index contributed by atoms with van der Waals surface area (Å²) in [6.45, 7) is 0. The summed E-state index contributed by atoms with van der Waals surface area (Å²) in [5.41, 5.74) is 8.05. The second-order valence-electron chi connectivity index (χ2n) is 4.78. The topological polar surface area (TPSA) is 108 Å². The molecule has 0 amide bonds. The van der Waals surface area contributed by atoms with Gasteiger partial charge in [0.15, 0.2) is 5.52 Å². The lowest BCUT2D eigenvalue weighted by Gasteiger charge is -2.02. The number of aromatic nitrogens is 5. The molecule has 24 heavy (non-hydrogen) atoms. The molecule has 8 nitrogen and oxygen atoms in total. The Balaban J connectivity index is 1.59. The van der Waals surface area contributed by atoms with Gasteiger partial charge in [0.05, 0.1) is 4.90 Å². The minimum absolute atomic E-state index is 0.255. The molecule has 0 atom stereocenters. The molecule has 0 aliphatic carbocycles. The Morgan fingerprint density at radius 3 is 2.79 bits per heavy atom. The number of nitrogens with zero attached hydrogens (tertiary/aromatic N) is 5. The summed E-state index contributed by atoms with van der Waals surface area (Å²) in [6, 6.07) is 12.8. The van der Waals surface area contributed by atoms with Crippen LogP contribution in [0.5, 0.6) is 0 Å². The van der Waals surface area contributed by atoms with E-state index >= 15 is 0 Å². The summed E-state index contributed by atoms with van der Waals surface area (Å²) in [6.07, 6.45) is 0. The first-order valence-electron chi connectivity index (χ1n) is 6.84. The molecule has 0 aliphatic heterocycles. The van der Waals surface area contributed by atoms with E-state index in [0.717, 1.165) is 10.6 Å². The Bertz CT molecular complexity index is 998. The zero-order valence-electron chi connectivity index (χ0n) is 12.0. The van der Waals surface area contributed by atoms with Gasteiger partial charge in [0, 0.05) is 22.7 Å². The highest BCUT2D eigenvalue weighted by Gasteiger charge is 2.13. The lowest BCUT2D eigenvalue weighted by atomic mass is 10.3. The van der Waals surface area contributed by atoms with Gasteiger partial charge in [-0.05, 0) is 46.7 Å². The highest BCUT2D eigenvalue weighted by molar-refractivity contribution is 7.98. The molecule has 0 saturated carbocycles. The van der Waals surface area contributed by atoms with Gasteiger partial charge in [0.1, 0.15) is 5.52 Å². The average Bonchev–Trinajstić information content (AvgIpc) is 3.17. The standard InChI is InChI=1S/C14H10ClN7OS/c15-8-4-6-9(7-5-8)17-14-18-13(16)22(19-14)24-11-3-1-2-10-12(11)21-23-20-10/h1-7H,(H3,16,17,18,19). The molecule has 0 saturated heterocycles. The van der Waals surface area contributed by atoms with E-state index in [4.69, 9.17) is 22.0 Å². The Morgan fingerprint density at radius 2 is 1.96 bits per heavy atom. The maximum absolute atomic E-state index is 5.93. The quantitative estimate of drug-likeness (QED) is 0.571. The fraction of sp³-hybridized carbons (Fsp3) is 0. The second kappa shape index (κ2) is 6.02. The minimum Gasteiger partial charge on any atom is -0.367 e. The van der Waals surface area contributed by atoms with Crippen LogP contribution in [0.2, 0.25) is 5.02 Å². The molecule has 0 unspecified atom stereocenters. The molecule has 4 aromatic rings. The zero-order valence-corrected chi connectivity index (χ0v) is 13.6. The summed E-state index contributed by atoms with van der Waals surface area (Å²) in [4.78, 5) is 5.01. The number of nitrogens with two attached hydrogens (primary N) is 1. The smallest absolute Gasteiger partial charge is 0.249 e. The summed E-state index contributed by atoms with van der Waals surface area (Å²) >= 11 is 7.14. The average molecular weight is 360 g/mol. The van der Waals surface area contributed by atoms with E-state index < -0.39 is 0 Å². The van der Waals surface area contributed by atoms with Crippen LogP contribution in [0.3, 0.4) is 0 Å². The first-order chi connectivity index (χ1) is 11.7.